The number of nitrogens with zero attached hydrogens (tertiary/aromatic N) is 4. The van der Waals surface area contributed by atoms with E-state index in [2.05, 4.69) is 20.8 Å². The van der Waals surface area contributed by atoms with Crippen LogP contribution in [0.15, 0.2) is 29.4 Å². The fourth-order valence-corrected chi connectivity index (χ4v) is 3.60. The van der Waals surface area contributed by atoms with Crippen LogP contribution >= 0.6 is 11.8 Å². The van der Waals surface area contributed by atoms with E-state index in [1.54, 1.807) is 11.8 Å². The van der Waals surface area contributed by atoms with Crippen molar-refractivity contribution in [2.24, 2.45) is 0 Å². The van der Waals surface area contributed by atoms with E-state index in [0.717, 1.165) is 22.0 Å². The quantitative estimate of drug-likeness (QED) is 0.790. The van der Waals surface area contributed by atoms with Crippen LogP contribution in [0.1, 0.15) is 54.6 Å². The van der Waals surface area contributed by atoms with Gasteiger partial charge in [0.1, 0.15) is 5.82 Å². The van der Waals surface area contributed by atoms with Crippen LogP contribution in [-0.4, -0.2) is 14.8 Å². The summed E-state index contributed by atoms with van der Waals surface area (Å²) in [6.45, 7) is 0. The highest BCUT2D eigenvalue weighted by atomic mass is 32.2. The minimum Gasteiger partial charge on any atom is -0.303 e. The summed E-state index contributed by atoms with van der Waals surface area (Å²) in [6, 6.07) is 10.7. The molecule has 1 aromatic carbocycles. The van der Waals surface area contributed by atoms with E-state index in [9.17, 15) is 0 Å². The molecule has 0 saturated heterocycles. The monoisotopic (exact) mass is 296 g/mol. The maximum absolute atomic E-state index is 9.16. The third-order valence-corrected chi connectivity index (χ3v) is 5.03. The lowest BCUT2D eigenvalue weighted by Gasteiger charge is -2.08. The van der Waals surface area contributed by atoms with Crippen molar-refractivity contribution in [3.05, 3.63) is 41.2 Å². The summed E-state index contributed by atoms with van der Waals surface area (Å²) in [4.78, 5) is 0. The molecule has 1 heterocycles. The third-order valence-electron chi connectivity index (χ3n) is 4.04. The van der Waals surface area contributed by atoms with Crippen LogP contribution < -0.4 is 0 Å². The summed E-state index contributed by atoms with van der Waals surface area (Å²) < 4.78 is 2.36. The van der Waals surface area contributed by atoms with Crippen LogP contribution in [0, 0.1) is 11.3 Å². The molecule has 4 nitrogen and oxygen atoms in total. The average Bonchev–Trinajstić information content (AvgIpc) is 3.44. The Kier molecular flexibility index (Phi) is 3.19. The highest BCUT2D eigenvalue weighted by Gasteiger charge is 2.36. The van der Waals surface area contributed by atoms with Crippen molar-refractivity contribution in [1.29, 1.82) is 5.26 Å². The number of hydrogen-bond acceptors (Lipinski definition) is 4. The van der Waals surface area contributed by atoms with Gasteiger partial charge in [0.25, 0.3) is 0 Å². The Morgan fingerprint density at radius 1 is 1.19 bits per heavy atom. The molecule has 2 saturated carbocycles. The van der Waals surface area contributed by atoms with E-state index in [-0.39, 0.29) is 0 Å². The van der Waals surface area contributed by atoms with Gasteiger partial charge in [-0.15, -0.1) is 10.2 Å². The van der Waals surface area contributed by atoms with Crippen molar-refractivity contribution < 1.29 is 0 Å². The maximum atomic E-state index is 9.16. The molecule has 0 atom stereocenters. The molecular weight excluding hydrogens is 280 g/mol. The van der Waals surface area contributed by atoms with Crippen molar-refractivity contribution in [2.45, 2.75) is 48.6 Å². The molecule has 4 rings (SSSR count). The van der Waals surface area contributed by atoms with Gasteiger partial charge >= 0.3 is 0 Å². The molecule has 2 aromatic rings. The summed E-state index contributed by atoms with van der Waals surface area (Å²) in [5.41, 5.74) is 1.83. The van der Waals surface area contributed by atoms with Gasteiger partial charge in [0, 0.05) is 17.7 Å². The summed E-state index contributed by atoms with van der Waals surface area (Å²) in [5, 5.41) is 19.0. The summed E-state index contributed by atoms with van der Waals surface area (Å²) in [5.74, 6) is 2.60. The molecule has 0 bridgehead atoms. The molecule has 2 fully saturated rings. The predicted octanol–water partition coefficient (Wildman–Crippen LogP) is 3.65. The lowest BCUT2D eigenvalue weighted by molar-refractivity contribution is 0.627. The largest absolute Gasteiger partial charge is 0.303 e. The molecule has 0 unspecified atom stereocenters. The number of aromatic nitrogens is 3. The minimum absolute atomic E-state index is 0.615. The van der Waals surface area contributed by atoms with Crippen LogP contribution in [-0.2, 0) is 5.75 Å². The minimum atomic E-state index is 0.615. The zero-order chi connectivity index (χ0) is 14.2. The second-order valence-corrected chi connectivity index (χ2v) is 6.72. The van der Waals surface area contributed by atoms with E-state index in [1.807, 2.05) is 24.3 Å². The molecule has 21 heavy (non-hydrogen) atoms. The summed E-state index contributed by atoms with van der Waals surface area (Å²) in [6.07, 6.45) is 5.01. The molecule has 0 N–H and O–H groups in total. The molecular formula is C16H16N4S. The number of rotatable bonds is 5. The number of thioether (sulfide) groups is 1. The lowest BCUT2D eigenvalue weighted by Crippen LogP contribution is -2.02. The van der Waals surface area contributed by atoms with Crippen LogP contribution in [0.25, 0.3) is 0 Å². The number of benzene rings is 1. The molecule has 2 aliphatic carbocycles. The second-order valence-electron chi connectivity index (χ2n) is 5.77. The summed E-state index contributed by atoms with van der Waals surface area (Å²) in [7, 11) is 0. The van der Waals surface area contributed by atoms with E-state index in [1.165, 1.54) is 31.5 Å². The number of hydrogen-bond donors (Lipinski definition) is 0. The van der Waals surface area contributed by atoms with Gasteiger partial charge in [-0.2, -0.15) is 5.26 Å². The van der Waals surface area contributed by atoms with Crippen molar-refractivity contribution in [3.8, 4) is 6.07 Å². The van der Waals surface area contributed by atoms with Gasteiger partial charge in [-0.05, 0) is 37.3 Å². The zero-order valence-electron chi connectivity index (χ0n) is 11.7. The third kappa shape index (κ3) is 2.56. The fraction of sp³-hybridized carbons (Fsp3) is 0.438. The van der Waals surface area contributed by atoms with E-state index < -0.39 is 0 Å². The van der Waals surface area contributed by atoms with Gasteiger partial charge in [-0.1, -0.05) is 30.0 Å². The van der Waals surface area contributed by atoms with Gasteiger partial charge in [0.05, 0.1) is 11.6 Å². The molecule has 1 aromatic heterocycles. The highest BCUT2D eigenvalue weighted by molar-refractivity contribution is 7.98. The Labute approximate surface area is 128 Å². The van der Waals surface area contributed by atoms with Gasteiger partial charge in [-0.3, -0.25) is 0 Å². The molecule has 2 aliphatic rings. The second kappa shape index (κ2) is 5.19. The van der Waals surface area contributed by atoms with Crippen molar-refractivity contribution in [3.63, 3.8) is 0 Å². The molecule has 106 valence electrons. The normalized spacial score (nSPS) is 17.7. The molecule has 5 heteroatoms. The van der Waals surface area contributed by atoms with Crippen LogP contribution in [0.5, 0.6) is 0 Å². The standard InChI is InChI=1S/C16H16N4S/c17-9-12-3-1-2-4-13(12)10-21-16-19-18-15(11-5-6-11)20(16)14-7-8-14/h1-4,11,14H,5-8,10H2. The Hall–Kier alpha value is -1.80. The van der Waals surface area contributed by atoms with Crippen molar-refractivity contribution in [2.75, 3.05) is 0 Å². The maximum Gasteiger partial charge on any atom is 0.191 e. The Balaban J connectivity index is 1.56. The highest BCUT2D eigenvalue weighted by Crippen LogP contribution is 2.46. The smallest absolute Gasteiger partial charge is 0.191 e. The van der Waals surface area contributed by atoms with Crippen LogP contribution in [0.4, 0.5) is 0 Å². The Morgan fingerprint density at radius 2 is 2.00 bits per heavy atom. The van der Waals surface area contributed by atoms with Gasteiger partial charge in [-0.25, -0.2) is 0 Å². The molecule has 0 aliphatic heterocycles. The molecule has 0 radical (unpaired) electrons. The first-order chi connectivity index (χ1) is 10.4. The summed E-state index contributed by atoms with van der Waals surface area (Å²) >= 11 is 1.70. The molecule has 0 spiro atoms. The predicted molar refractivity (Wildman–Crippen MR) is 81.0 cm³/mol. The first kappa shape index (κ1) is 12.9. The van der Waals surface area contributed by atoms with E-state index >= 15 is 0 Å². The lowest BCUT2D eigenvalue weighted by atomic mass is 10.1. The average molecular weight is 296 g/mol. The number of nitriles is 1. The van der Waals surface area contributed by atoms with E-state index in [0.29, 0.717) is 12.0 Å². The van der Waals surface area contributed by atoms with Gasteiger partial charge in [0.2, 0.25) is 0 Å². The van der Waals surface area contributed by atoms with Gasteiger partial charge < -0.3 is 4.57 Å². The molecule has 0 amide bonds. The van der Waals surface area contributed by atoms with Crippen LogP contribution in [0.2, 0.25) is 0 Å². The Bertz CT molecular complexity index is 707. The first-order valence-electron chi connectivity index (χ1n) is 7.42. The zero-order valence-corrected chi connectivity index (χ0v) is 12.5. The van der Waals surface area contributed by atoms with Crippen molar-refractivity contribution >= 4 is 11.8 Å². The van der Waals surface area contributed by atoms with E-state index in [4.69, 9.17) is 5.26 Å². The first-order valence-corrected chi connectivity index (χ1v) is 8.41. The van der Waals surface area contributed by atoms with Crippen molar-refractivity contribution in [1.82, 2.24) is 14.8 Å². The van der Waals surface area contributed by atoms with Crippen LogP contribution in [0.3, 0.4) is 0 Å². The van der Waals surface area contributed by atoms with Gasteiger partial charge in [0.15, 0.2) is 5.16 Å². The Morgan fingerprint density at radius 3 is 2.71 bits per heavy atom. The SMILES string of the molecule is N#Cc1ccccc1CSc1nnc(C2CC2)n1C1CC1. The fourth-order valence-electron chi connectivity index (χ4n) is 2.58. The topological polar surface area (TPSA) is 54.5 Å².